The number of nitrogens with zero attached hydrogens (tertiary/aromatic N) is 5. The van der Waals surface area contributed by atoms with Gasteiger partial charge in [-0.15, -0.1) is 0 Å². The van der Waals surface area contributed by atoms with E-state index in [4.69, 9.17) is 0 Å². The number of hydrogen-bond acceptors (Lipinski definition) is 0. The highest BCUT2D eigenvalue weighted by molar-refractivity contribution is 6.17. The summed E-state index contributed by atoms with van der Waals surface area (Å²) >= 11 is 0. The number of allylic oxidation sites excluding steroid dienone is 4. The molecule has 1 aliphatic carbocycles. The Morgan fingerprint density at radius 3 is 0.705 bits per heavy atom. The molecule has 1 unspecified atom stereocenters. The molecule has 5 heterocycles. The number of fused-ring (bicyclic) bond motifs is 15. The van der Waals surface area contributed by atoms with Crippen molar-refractivity contribution in [3.63, 3.8) is 0 Å². The molecule has 1 aliphatic rings. The Bertz CT molecular complexity index is 6410. The number of benzene rings is 14. The largest absolute Gasteiger partial charge is 0.333 e. The SMILES string of the molecule is C1=CCC(n2c3ccc(-c4ccc5c(c4)c4ccccc4n5-c4ccccc4)cc3c3cc(-c4ccc5c(c4)c4cc(-c6ccc7c(c6)c6cc(-c8ccc9c(c8)c8ccccc8n9-c8ccccc8)ccc6n7-c6ccccc6)ccc4n5-c4ccccc4)ccc32)C=C1. The third kappa shape index (κ3) is 8.29. The molecule has 0 bridgehead atoms. The second kappa shape index (κ2) is 21.1. The molecule has 5 aromatic heterocycles. The van der Waals surface area contributed by atoms with Crippen molar-refractivity contribution in [1.82, 2.24) is 22.8 Å². The van der Waals surface area contributed by atoms with E-state index >= 15 is 0 Å². The van der Waals surface area contributed by atoms with E-state index in [0.29, 0.717) is 0 Å². The Kier molecular flexibility index (Phi) is 11.8. The molecule has 0 aliphatic heterocycles. The van der Waals surface area contributed by atoms with Crippen LogP contribution in [0.15, 0.2) is 340 Å². The van der Waals surface area contributed by atoms with E-state index in [-0.39, 0.29) is 6.04 Å². The standard InChI is InChI=1S/C90H59N5/c1-6-20-66(21-7-1)91-81-32-18-16-30-71(81)73-50-58(34-42-83(73)91)60-36-44-85-75(52-60)77-54-62(38-46-87(77)93(85)68-24-10-3-11-25-68)64-40-48-89-79(56-64)80-57-65(41-49-90(80)95(89)70-28-14-5-15-29-70)63-39-47-88-78(55-63)76-53-61(37-45-86(76)94(88)69-26-12-4-13-27-69)59-35-43-84-74(51-59)72-31-17-19-33-82(72)92(84)67-22-8-2-9-23-67/h1-26,28-57,69H,27H2. The van der Waals surface area contributed by atoms with Gasteiger partial charge in [0.2, 0.25) is 0 Å². The van der Waals surface area contributed by atoms with Gasteiger partial charge in [0.05, 0.1) is 50.2 Å². The van der Waals surface area contributed by atoms with Crippen molar-refractivity contribution >= 4 is 109 Å². The molecule has 19 aromatic rings. The van der Waals surface area contributed by atoms with Crippen LogP contribution in [0, 0.1) is 0 Å². The number of aromatic nitrogens is 5. The molecular weight excluding hydrogens is 1150 g/mol. The zero-order valence-electron chi connectivity index (χ0n) is 51.9. The topological polar surface area (TPSA) is 24.6 Å². The minimum atomic E-state index is 0.203. The molecular formula is C90H59N5. The average Bonchev–Trinajstić information content (AvgIpc) is 1.61. The van der Waals surface area contributed by atoms with Crippen molar-refractivity contribution in [2.45, 2.75) is 12.5 Å². The lowest BCUT2D eigenvalue weighted by Gasteiger charge is -2.18. The summed E-state index contributed by atoms with van der Waals surface area (Å²) in [7, 11) is 0. The molecule has 5 nitrogen and oxygen atoms in total. The maximum Gasteiger partial charge on any atom is 0.0560 e. The zero-order valence-corrected chi connectivity index (χ0v) is 51.9. The van der Waals surface area contributed by atoms with E-state index in [0.717, 1.165) is 29.2 Å². The molecule has 0 saturated carbocycles. The first-order chi connectivity index (χ1) is 47.1. The summed E-state index contributed by atoms with van der Waals surface area (Å²) in [6.07, 6.45) is 9.97. The van der Waals surface area contributed by atoms with Crippen LogP contribution in [0.3, 0.4) is 0 Å². The second-order valence-corrected chi connectivity index (χ2v) is 25.6. The average molecular weight is 1210 g/mol. The smallest absolute Gasteiger partial charge is 0.0560 e. The van der Waals surface area contributed by atoms with E-state index in [1.54, 1.807) is 0 Å². The highest BCUT2D eigenvalue weighted by atomic mass is 15.0. The van der Waals surface area contributed by atoms with Gasteiger partial charge in [0.25, 0.3) is 0 Å². The Morgan fingerprint density at radius 1 is 0.200 bits per heavy atom. The molecule has 20 rings (SSSR count). The summed E-state index contributed by atoms with van der Waals surface area (Å²) in [5.74, 6) is 0. The Labute approximate surface area is 548 Å². The summed E-state index contributed by atoms with van der Waals surface area (Å²) < 4.78 is 12.2. The van der Waals surface area contributed by atoms with Gasteiger partial charge in [0.15, 0.2) is 0 Å². The van der Waals surface area contributed by atoms with E-state index in [9.17, 15) is 0 Å². The monoisotopic (exact) mass is 1210 g/mol. The van der Waals surface area contributed by atoms with Gasteiger partial charge in [-0.2, -0.15) is 0 Å². The van der Waals surface area contributed by atoms with Crippen molar-refractivity contribution in [2.75, 3.05) is 0 Å². The molecule has 444 valence electrons. The van der Waals surface area contributed by atoms with Crippen LogP contribution in [0.2, 0.25) is 0 Å². The van der Waals surface area contributed by atoms with Gasteiger partial charge in [-0.3, -0.25) is 0 Å². The minimum absolute atomic E-state index is 0.203. The highest BCUT2D eigenvalue weighted by Gasteiger charge is 2.23. The number of hydrogen-bond donors (Lipinski definition) is 0. The molecule has 0 spiro atoms. The summed E-state index contributed by atoms with van der Waals surface area (Å²) in [6, 6.07) is 118. The van der Waals surface area contributed by atoms with Crippen LogP contribution >= 0.6 is 0 Å². The fourth-order valence-electron chi connectivity index (χ4n) is 16.0. The van der Waals surface area contributed by atoms with Crippen molar-refractivity contribution < 1.29 is 0 Å². The van der Waals surface area contributed by atoms with Crippen LogP contribution in [0.25, 0.3) is 176 Å². The highest BCUT2D eigenvalue weighted by Crippen LogP contribution is 2.45. The van der Waals surface area contributed by atoms with E-state index in [1.165, 1.54) is 154 Å². The van der Waals surface area contributed by atoms with Gasteiger partial charge >= 0.3 is 0 Å². The lowest BCUT2D eigenvalue weighted by molar-refractivity contribution is 0.648. The van der Waals surface area contributed by atoms with E-state index in [1.807, 2.05) is 0 Å². The predicted molar refractivity (Wildman–Crippen MR) is 400 cm³/mol. The maximum atomic E-state index is 2.57. The van der Waals surface area contributed by atoms with Crippen molar-refractivity contribution in [2.24, 2.45) is 0 Å². The number of rotatable bonds is 9. The fourth-order valence-corrected chi connectivity index (χ4v) is 16.0. The van der Waals surface area contributed by atoms with Crippen molar-refractivity contribution in [3.8, 4) is 67.3 Å². The van der Waals surface area contributed by atoms with Gasteiger partial charge in [0, 0.05) is 87.6 Å². The Balaban J connectivity index is 0.731. The third-order valence-corrected chi connectivity index (χ3v) is 20.4. The first-order valence-corrected chi connectivity index (χ1v) is 33.0. The number of para-hydroxylation sites is 6. The van der Waals surface area contributed by atoms with Gasteiger partial charge in [-0.1, -0.05) is 182 Å². The van der Waals surface area contributed by atoms with Gasteiger partial charge in [-0.25, -0.2) is 0 Å². The van der Waals surface area contributed by atoms with Crippen LogP contribution in [-0.2, 0) is 0 Å². The van der Waals surface area contributed by atoms with Crippen molar-refractivity contribution in [1.29, 1.82) is 0 Å². The van der Waals surface area contributed by atoms with Crippen LogP contribution in [0.4, 0.5) is 0 Å². The molecule has 5 heteroatoms. The molecule has 0 fully saturated rings. The summed E-state index contributed by atoms with van der Waals surface area (Å²) in [4.78, 5) is 0. The van der Waals surface area contributed by atoms with E-state index in [2.05, 4.69) is 363 Å². The quantitative estimate of drug-likeness (QED) is 0.138. The summed E-state index contributed by atoms with van der Waals surface area (Å²) in [6.45, 7) is 0. The van der Waals surface area contributed by atoms with Crippen LogP contribution in [0.5, 0.6) is 0 Å². The van der Waals surface area contributed by atoms with Crippen LogP contribution in [-0.4, -0.2) is 22.8 Å². The molecule has 1 atom stereocenters. The first kappa shape index (κ1) is 53.2. The van der Waals surface area contributed by atoms with Gasteiger partial charge in [0.1, 0.15) is 0 Å². The third-order valence-electron chi connectivity index (χ3n) is 20.4. The predicted octanol–water partition coefficient (Wildman–Crippen LogP) is 23.9. The summed E-state index contributed by atoms with van der Waals surface area (Å²) in [5, 5.41) is 12.4. The minimum Gasteiger partial charge on any atom is -0.333 e. The molecule has 0 radical (unpaired) electrons. The second-order valence-electron chi connectivity index (χ2n) is 25.6. The Morgan fingerprint density at radius 2 is 0.432 bits per heavy atom. The summed E-state index contributed by atoms with van der Waals surface area (Å²) in [5.41, 5.74) is 26.1. The zero-order chi connectivity index (χ0) is 62.2. The lowest BCUT2D eigenvalue weighted by Crippen LogP contribution is -2.06. The normalized spacial score (nSPS) is 13.5. The van der Waals surface area contributed by atoms with Gasteiger partial charge < -0.3 is 22.8 Å². The van der Waals surface area contributed by atoms with E-state index < -0.39 is 0 Å². The van der Waals surface area contributed by atoms with Crippen LogP contribution in [0.1, 0.15) is 12.5 Å². The first-order valence-electron chi connectivity index (χ1n) is 33.0. The van der Waals surface area contributed by atoms with Crippen LogP contribution < -0.4 is 0 Å². The fraction of sp³-hybridized carbons (Fsp3) is 0.0222. The Hall–Kier alpha value is -12.4. The maximum absolute atomic E-state index is 2.57. The molecule has 0 N–H and O–H groups in total. The molecule has 95 heavy (non-hydrogen) atoms. The molecule has 14 aromatic carbocycles. The lowest BCUT2D eigenvalue weighted by atomic mass is 9.97. The molecule has 0 amide bonds. The van der Waals surface area contributed by atoms with Crippen molar-refractivity contribution in [3.05, 3.63) is 340 Å². The van der Waals surface area contributed by atoms with Gasteiger partial charge in [-0.05, 0) is 209 Å². The molecule has 0 saturated heterocycles.